The predicted octanol–water partition coefficient (Wildman–Crippen LogP) is -3.75. The first-order chi connectivity index (χ1) is 24.9. The van der Waals surface area contributed by atoms with Crippen LogP contribution in [0.3, 0.4) is 0 Å². The molecule has 0 aromatic carbocycles. The van der Waals surface area contributed by atoms with Gasteiger partial charge in [-0.3, -0.25) is 9.59 Å². The molecular formula is C32H58N12O8. The van der Waals surface area contributed by atoms with Crippen LogP contribution in [0.25, 0.3) is 0 Å². The van der Waals surface area contributed by atoms with Crippen molar-refractivity contribution in [3.05, 3.63) is 23.8 Å². The van der Waals surface area contributed by atoms with Crippen LogP contribution < -0.4 is 33.6 Å². The number of hydrogen-bond donors (Lipinski definition) is 10. The number of aliphatic hydroxyl groups is 4. The smallest absolute Gasteiger partial charge is 0.241 e. The van der Waals surface area contributed by atoms with Crippen molar-refractivity contribution >= 4 is 11.8 Å². The van der Waals surface area contributed by atoms with Crippen molar-refractivity contribution in [1.82, 2.24) is 40.6 Å². The zero-order chi connectivity index (χ0) is 37.6. The number of amides is 2. The number of carbonyl (C=O) groups is 2. The van der Waals surface area contributed by atoms with Gasteiger partial charge in [0.15, 0.2) is 0 Å². The average Bonchev–Trinajstić information content (AvgIpc) is 3.75. The summed E-state index contributed by atoms with van der Waals surface area (Å²) in [5, 5.41) is 62.2. The lowest BCUT2D eigenvalue weighted by Crippen LogP contribution is -2.61. The molecule has 2 saturated carbocycles. The summed E-state index contributed by atoms with van der Waals surface area (Å²) in [7, 11) is 0. The molecule has 20 heteroatoms. The topological polar surface area (TPSA) is 323 Å². The van der Waals surface area contributed by atoms with Crippen molar-refractivity contribution in [3.8, 4) is 0 Å². The van der Waals surface area contributed by atoms with Crippen molar-refractivity contribution < 1.29 is 39.5 Å². The second-order valence-corrected chi connectivity index (χ2v) is 14.0. The molecule has 294 valence electrons. The van der Waals surface area contributed by atoms with E-state index in [1.807, 2.05) is 0 Å². The summed E-state index contributed by atoms with van der Waals surface area (Å²) >= 11 is 0. The SMILES string of the molecule is N[C@@H]1C[C@H](N)[C@@H](OCc2cn(CC(=O)NCCCCCCCCCCNC(=O)Cn3cc(CO[C@H]4[C@H](O)[C@@H](O)[C@H](N)C[C@@H]4N)nn3)nn2)[C@H](O)[C@H]1O. The molecule has 0 saturated heterocycles. The van der Waals surface area contributed by atoms with Gasteiger partial charge in [-0.1, -0.05) is 49.0 Å². The van der Waals surface area contributed by atoms with E-state index >= 15 is 0 Å². The summed E-state index contributed by atoms with van der Waals surface area (Å²) in [6, 6.07) is -2.25. The van der Waals surface area contributed by atoms with Crippen LogP contribution in [-0.2, 0) is 45.4 Å². The van der Waals surface area contributed by atoms with Gasteiger partial charge in [0, 0.05) is 37.3 Å². The first-order valence-corrected chi connectivity index (χ1v) is 18.2. The van der Waals surface area contributed by atoms with E-state index in [0.29, 0.717) is 37.3 Å². The molecule has 2 aliphatic rings. The Hall–Kier alpha value is -3.18. The third-order valence-electron chi connectivity index (χ3n) is 9.56. The van der Waals surface area contributed by atoms with Gasteiger partial charge in [0.25, 0.3) is 0 Å². The fraction of sp³-hybridized carbons (Fsp3) is 0.812. The molecule has 0 radical (unpaired) electrons. The molecule has 52 heavy (non-hydrogen) atoms. The lowest BCUT2D eigenvalue weighted by atomic mass is 9.85. The van der Waals surface area contributed by atoms with Gasteiger partial charge in [0.05, 0.1) is 37.8 Å². The molecule has 0 unspecified atom stereocenters. The van der Waals surface area contributed by atoms with E-state index in [0.717, 1.165) is 51.4 Å². The van der Waals surface area contributed by atoms with Crippen LogP contribution in [0, 0.1) is 0 Å². The van der Waals surface area contributed by atoms with Crippen molar-refractivity contribution in [2.75, 3.05) is 13.1 Å². The van der Waals surface area contributed by atoms with E-state index in [1.165, 1.54) is 9.36 Å². The predicted molar refractivity (Wildman–Crippen MR) is 185 cm³/mol. The Morgan fingerprint density at radius 1 is 0.615 bits per heavy atom. The van der Waals surface area contributed by atoms with Gasteiger partial charge in [-0.05, 0) is 25.7 Å². The minimum absolute atomic E-state index is 0.0235. The Labute approximate surface area is 302 Å². The second-order valence-electron chi connectivity index (χ2n) is 14.0. The fourth-order valence-electron chi connectivity index (χ4n) is 6.52. The third kappa shape index (κ3) is 12.7. The molecule has 0 aliphatic heterocycles. The Bertz CT molecular complexity index is 1270. The summed E-state index contributed by atoms with van der Waals surface area (Å²) in [5.41, 5.74) is 24.6. The number of rotatable bonds is 21. The molecule has 2 amide bonds. The van der Waals surface area contributed by atoms with Gasteiger partial charge in [-0.2, -0.15) is 0 Å². The first-order valence-electron chi connectivity index (χ1n) is 18.2. The largest absolute Gasteiger partial charge is 0.389 e. The molecule has 0 spiro atoms. The number of aliphatic hydroxyl groups excluding tert-OH is 4. The minimum atomic E-state index is -1.20. The lowest BCUT2D eigenvalue weighted by molar-refractivity contribution is -0.132. The van der Waals surface area contributed by atoms with E-state index in [2.05, 4.69) is 31.3 Å². The summed E-state index contributed by atoms with van der Waals surface area (Å²) in [6.07, 6.45) is 5.82. The van der Waals surface area contributed by atoms with Gasteiger partial charge >= 0.3 is 0 Å². The number of aromatic nitrogens is 6. The monoisotopic (exact) mass is 738 g/mol. The number of carbonyl (C=O) groups excluding carboxylic acids is 2. The standard InChI is InChI=1S/C32H58N12O8/c33-21-11-23(35)31(29(49)27(21)47)51-17-19-13-43(41-39-19)15-25(45)37-9-7-5-3-1-2-4-6-8-10-38-26(46)16-44-14-20(40-42-44)18-52-32-24(36)12-22(34)28(48)30(32)50/h13-14,21-24,27-32,47-50H,1-12,15-18,33-36H2,(H,37,45)(H,38,46)/t21-,22-,23+,24+,27+,28+,29-,30-,31-,32-/m1/s1. The van der Waals surface area contributed by atoms with E-state index in [9.17, 15) is 30.0 Å². The number of nitrogens with zero attached hydrogens (tertiary/aromatic N) is 6. The van der Waals surface area contributed by atoms with E-state index in [1.54, 1.807) is 12.4 Å². The van der Waals surface area contributed by atoms with E-state index < -0.39 is 60.8 Å². The van der Waals surface area contributed by atoms with Crippen LogP contribution in [0.1, 0.15) is 75.6 Å². The molecule has 2 aliphatic carbocycles. The normalized spacial score (nSPS) is 29.2. The number of unbranched alkanes of at least 4 members (excludes halogenated alkanes) is 7. The summed E-state index contributed by atoms with van der Waals surface area (Å²) in [6.45, 7) is 1.25. The molecule has 0 bridgehead atoms. The Kier molecular flexibility index (Phi) is 16.7. The van der Waals surface area contributed by atoms with Crippen LogP contribution in [-0.4, -0.2) is 136 Å². The summed E-state index contributed by atoms with van der Waals surface area (Å²) in [4.78, 5) is 24.6. The summed E-state index contributed by atoms with van der Waals surface area (Å²) in [5.74, 6) is -0.338. The highest BCUT2D eigenvalue weighted by Gasteiger charge is 2.42. The zero-order valence-corrected chi connectivity index (χ0v) is 29.7. The van der Waals surface area contributed by atoms with Gasteiger partial charge in [0.2, 0.25) is 11.8 Å². The van der Waals surface area contributed by atoms with Gasteiger partial charge in [0.1, 0.15) is 48.9 Å². The minimum Gasteiger partial charge on any atom is -0.389 e. The Morgan fingerprint density at radius 2 is 0.981 bits per heavy atom. The van der Waals surface area contributed by atoms with Crippen molar-refractivity contribution in [1.29, 1.82) is 0 Å². The highest BCUT2D eigenvalue weighted by Crippen LogP contribution is 2.23. The summed E-state index contributed by atoms with van der Waals surface area (Å²) < 4.78 is 14.2. The number of nitrogens with two attached hydrogens (primary N) is 4. The second kappa shape index (κ2) is 20.9. The molecule has 14 N–H and O–H groups in total. The van der Waals surface area contributed by atoms with Crippen LogP contribution in [0.4, 0.5) is 0 Å². The number of nitrogens with one attached hydrogen (secondary N) is 2. The zero-order valence-electron chi connectivity index (χ0n) is 29.7. The third-order valence-corrected chi connectivity index (χ3v) is 9.56. The molecule has 2 aromatic heterocycles. The Balaban J connectivity index is 0.948. The van der Waals surface area contributed by atoms with Gasteiger partial charge < -0.3 is 63.5 Å². The molecular weight excluding hydrogens is 680 g/mol. The van der Waals surface area contributed by atoms with Gasteiger partial charge in [-0.25, -0.2) is 9.36 Å². The maximum Gasteiger partial charge on any atom is 0.241 e. The molecule has 2 aromatic rings. The van der Waals surface area contributed by atoms with Crippen molar-refractivity contribution in [2.45, 2.75) is 151 Å². The molecule has 20 nitrogen and oxygen atoms in total. The van der Waals surface area contributed by atoms with Crippen molar-refractivity contribution in [3.63, 3.8) is 0 Å². The van der Waals surface area contributed by atoms with Crippen LogP contribution in [0.5, 0.6) is 0 Å². The maximum atomic E-state index is 12.3. The molecule has 2 fully saturated rings. The fourth-order valence-corrected chi connectivity index (χ4v) is 6.52. The van der Waals surface area contributed by atoms with Crippen LogP contribution in [0.15, 0.2) is 12.4 Å². The van der Waals surface area contributed by atoms with Crippen LogP contribution in [0.2, 0.25) is 0 Å². The highest BCUT2D eigenvalue weighted by molar-refractivity contribution is 5.75. The van der Waals surface area contributed by atoms with Crippen molar-refractivity contribution in [2.24, 2.45) is 22.9 Å². The van der Waals surface area contributed by atoms with Crippen LogP contribution >= 0.6 is 0 Å². The average molecular weight is 739 g/mol. The Morgan fingerprint density at radius 3 is 1.37 bits per heavy atom. The molecule has 2 heterocycles. The first kappa shape index (κ1) is 41.6. The maximum absolute atomic E-state index is 12.3. The molecule has 4 rings (SSSR count). The number of ether oxygens (including phenoxy) is 2. The van der Waals surface area contributed by atoms with E-state index in [4.69, 9.17) is 32.4 Å². The van der Waals surface area contributed by atoms with E-state index in [-0.39, 0.29) is 38.1 Å². The molecule has 10 atom stereocenters. The highest BCUT2D eigenvalue weighted by atomic mass is 16.5. The number of hydrogen-bond acceptors (Lipinski definition) is 16. The quantitative estimate of drug-likeness (QED) is 0.0550. The van der Waals surface area contributed by atoms with Gasteiger partial charge in [-0.15, -0.1) is 10.2 Å². The lowest BCUT2D eigenvalue weighted by Gasteiger charge is -2.39.